The summed E-state index contributed by atoms with van der Waals surface area (Å²) in [6, 6.07) is 28.3. The Labute approximate surface area is 274 Å². The molecule has 2 N–H and O–H groups in total. The number of benzene rings is 4. The lowest BCUT2D eigenvalue weighted by atomic mass is 9.93. The first-order valence-electron chi connectivity index (χ1n) is 17.0. The van der Waals surface area contributed by atoms with E-state index in [0.717, 1.165) is 84.3 Å². The maximum Gasteiger partial charge on any atom is 0.331 e. The highest BCUT2D eigenvalue weighted by atomic mass is 16.6. The highest BCUT2D eigenvalue weighted by molar-refractivity contribution is 5.93. The number of carbonyl (C=O) groups excluding carboxylic acids is 2. The zero-order valence-corrected chi connectivity index (χ0v) is 27.8. The maximum atomic E-state index is 13.4. The third-order valence-electron chi connectivity index (χ3n) is 8.34. The van der Waals surface area contributed by atoms with Gasteiger partial charge in [0.2, 0.25) is 0 Å². The Morgan fingerprint density at radius 1 is 0.565 bits per heavy atom. The number of fused-ring (bicyclic) bond motifs is 2. The monoisotopic (exact) mass is 622 g/mol. The molecule has 0 heterocycles. The van der Waals surface area contributed by atoms with E-state index in [1.807, 2.05) is 48.5 Å². The molecule has 0 saturated heterocycles. The Bertz CT molecular complexity index is 1450. The van der Waals surface area contributed by atoms with Gasteiger partial charge >= 0.3 is 11.9 Å². The predicted molar refractivity (Wildman–Crippen MR) is 189 cm³/mol. The molecule has 0 amide bonds. The van der Waals surface area contributed by atoms with Crippen LogP contribution in [0.1, 0.15) is 89.6 Å². The molecule has 0 saturated carbocycles. The molecule has 0 aliphatic heterocycles. The van der Waals surface area contributed by atoms with Gasteiger partial charge in [0.15, 0.2) is 0 Å². The Morgan fingerprint density at radius 2 is 0.957 bits per heavy atom. The van der Waals surface area contributed by atoms with Crippen LogP contribution in [0.4, 0.5) is 0 Å². The van der Waals surface area contributed by atoms with Crippen LogP contribution in [0.3, 0.4) is 0 Å². The number of hydrogen-bond acceptors (Lipinski definition) is 6. The average Bonchev–Trinajstić information content (AvgIpc) is 3.08. The number of hydrogen-bond donors (Lipinski definition) is 2. The molecule has 6 nitrogen and oxygen atoms in total. The zero-order valence-electron chi connectivity index (χ0n) is 27.8. The fourth-order valence-corrected chi connectivity index (χ4v) is 6.19. The van der Waals surface area contributed by atoms with Gasteiger partial charge in [0.1, 0.15) is 12.2 Å². The number of nitrogens with one attached hydrogen (secondary N) is 2. The van der Waals surface area contributed by atoms with Crippen molar-refractivity contribution in [3.05, 3.63) is 108 Å². The standard InChI is InChI=1S/C40H50N2O4/c1-5-15-35(41-27-7-3)39(33-23-13-19-29-17-9-11-21-31(29)33)45-37(43)25-26-38(44)46-40(36(16-6-2)42-28-8-4)34-24-14-20-30-18-10-12-22-32(30)34/h9-14,17-26,35-36,39-42H,5-8,15-16,27-28H2,1-4H3/b26-25-. The van der Waals surface area contributed by atoms with Gasteiger partial charge in [-0.05, 0) is 60.3 Å². The summed E-state index contributed by atoms with van der Waals surface area (Å²) in [5, 5.41) is 11.5. The minimum absolute atomic E-state index is 0.0739. The summed E-state index contributed by atoms with van der Waals surface area (Å²) in [5.41, 5.74) is 1.90. The Morgan fingerprint density at radius 3 is 1.35 bits per heavy atom. The van der Waals surface area contributed by atoms with Gasteiger partial charge in [-0.1, -0.05) is 125 Å². The van der Waals surface area contributed by atoms with E-state index in [1.165, 1.54) is 12.2 Å². The highest BCUT2D eigenvalue weighted by Gasteiger charge is 2.29. The Kier molecular flexibility index (Phi) is 13.8. The van der Waals surface area contributed by atoms with Crippen LogP contribution in [0.15, 0.2) is 97.1 Å². The van der Waals surface area contributed by atoms with Crippen LogP contribution in [0.25, 0.3) is 21.5 Å². The summed E-state index contributed by atoms with van der Waals surface area (Å²) in [4.78, 5) is 26.8. The van der Waals surface area contributed by atoms with Crippen LogP contribution >= 0.6 is 0 Å². The summed E-state index contributed by atoms with van der Waals surface area (Å²) in [6.45, 7) is 10.1. The van der Waals surface area contributed by atoms with Crippen molar-refractivity contribution in [3.8, 4) is 0 Å². The molecule has 4 atom stereocenters. The summed E-state index contributed by atoms with van der Waals surface area (Å²) < 4.78 is 12.4. The molecule has 4 rings (SSSR count). The molecule has 0 spiro atoms. The molecular formula is C40H50N2O4. The van der Waals surface area contributed by atoms with Crippen molar-refractivity contribution in [1.82, 2.24) is 10.6 Å². The highest BCUT2D eigenvalue weighted by Crippen LogP contribution is 2.33. The van der Waals surface area contributed by atoms with Crippen molar-refractivity contribution in [3.63, 3.8) is 0 Å². The van der Waals surface area contributed by atoms with Crippen molar-refractivity contribution in [1.29, 1.82) is 0 Å². The molecule has 0 aliphatic carbocycles. The van der Waals surface area contributed by atoms with E-state index in [0.29, 0.717) is 0 Å². The van der Waals surface area contributed by atoms with E-state index in [9.17, 15) is 9.59 Å². The second kappa shape index (κ2) is 18.2. The van der Waals surface area contributed by atoms with Gasteiger partial charge < -0.3 is 20.1 Å². The normalized spacial score (nSPS) is 14.3. The van der Waals surface area contributed by atoms with Crippen molar-refractivity contribution in [2.75, 3.05) is 13.1 Å². The topological polar surface area (TPSA) is 76.7 Å². The fourth-order valence-electron chi connectivity index (χ4n) is 6.19. The maximum absolute atomic E-state index is 13.4. The van der Waals surface area contributed by atoms with Crippen LogP contribution in [0, 0.1) is 0 Å². The lowest BCUT2D eigenvalue weighted by Gasteiger charge is -2.29. The smallest absolute Gasteiger partial charge is 0.331 e. The lowest BCUT2D eigenvalue weighted by molar-refractivity contribution is -0.148. The van der Waals surface area contributed by atoms with E-state index >= 15 is 0 Å². The van der Waals surface area contributed by atoms with Gasteiger partial charge in [-0.15, -0.1) is 0 Å². The third kappa shape index (κ3) is 9.27. The summed E-state index contributed by atoms with van der Waals surface area (Å²) in [7, 11) is 0. The first-order chi connectivity index (χ1) is 22.5. The van der Waals surface area contributed by atoms with Crippen molar-refractivity contribution >= 4 is 33.5 Å². The molecule has 0 radical (unpaired) electrons. The molecule has 46 heavy (non-hydrogen) atoms. The molecule has 244 valence electrons. The average molecular weight is 623 g/mol. The molecule has 0 fully saturated rings. The van der Waals surface area contributed by atoms with E-state index < -0.39 is 24.1 Å². The SMILES string of the molecule is CCCNC(CCC)C(OC(=O)/C=C\C(=O)OC(c1cccc2ccccc12)C(CCC)NCCC)c1cccc2ccccc12. The van der Waals surface area contributed by atoms with Crippen LogP contribution in [0.5, 0.6) is 0 Å². The van der Waals surface area contributed by atoms with E-state index in [4.69, 9.17) is 9.47 Å². The minimum atomic E-state index is -0.579. The zero-order chi connectivity index (χ0) is 32.7. The second-order valence-electron chi connectivity index (χ2n) is 11.9. The molecule has 4 aromatic carbocycles. The first kappa shape index (κ1) is 34.9. The summed E-state index contributed by atoms with van der Waals surface area (Å²) >= 11 is 0. The molecule has 0 aliphatic rings. The molecule has 4 unspecified atom stereocenters. The van der Waals surface area contributed by atoms with Gasteiger partial charge in [-0.3, -0.25) is 0 Å². The van der Waals surface area contributed by atoms with Crippen LogP contribution in [0.2, 0.25) is 0 Å². The van der Waals surface area contributed by atoms with Gasteiger partial charge in [-0.2, -0.15) is 0 Å². The minimum Gasteiger partial charge on any atom is -0.453 e. The Balaban J connectivity index is 1.60. The molecular weight excluding hydrogens is 572 g/mol. The fraction of sp³-hybridized carbons (Fsp3) is 0.400. The van der Waals surface area contributed by atoms with Gasteiger partial charge in [-0.25, -0.2) is 9.59 Å². The van der Waals surface area contributed by atoms with Gasteiger partial charge in [0, 0.05) is 35.4 Å². The molecule has 6 heteroatoms. The molecule has 0 aromatic heterocycles. The number of ether oxygens (including phenoxy) is 2. The molecule has 0 bridgehead atoms. The van der Waals surface area contributed by atoms with Crippen molar-refractivity contribution in [2.45, 2.75) is 90.5 Å². The summed E-state index contributed by atoms with van der Waals surface area (Å²) in [5.74, 6) is -1.16. The van der Waals surface area contributed by atoms with Crippen LogP contribution in [-0.2, 0) is 19.1 Å². The Hall–Kier alpha value is -4.00. The number of rotatable bonds is 18. The van der Waals surface area contributed by atoms with Gasteiger partial charge in [0.05, 0.1) is 0 Å². The quantitative estimate of drug-likeness (QED) is 0.0854. The van der Waals surface area contributed by atoms with Crippen LogP contribution in [-0.4, -0.2) is 37.1 Å². The summed E-state index contributed by atoms with van der Waals surface area (Å²) in [6.07, 6.45) is 6.83. The van der Waals surface area contributed by atoms with Crippen molar-refractivity contribution < 1.29 is 19.1 Å². The van der Waals surface area contributed by atoms with E-state index in [2.05, 4.69) is 74.7 Å². The van der Waals surface area contributed by atoms with E-state index in [1.54, 1.807) is 0 Å². The lowest BCUT2D eigenvalue weighted by Crippen LogP contribution is -2.38. The van der Waals surface area contributed by atoms with E-state index in [-0.39, 0.29) is 12.1 Å². The third-order valence-corrected chi connectivity index (χ3v) is 8.34. The second-order valence-corrected chi connectivity index (χ2v) is 11.9. The predicted octanol–water partition coefficient (Wildman–Crippen LogP) is 8.75. The first-order valence-corrected chi connectivity index (χ1v) is 17.0. The largest absolute Gasteiger partial charge is 0.453 e. The van der Waals surface area contributed by atoms with Crippen LogP contribution < -0.4 is 10.6 Å². The molecule has 4 aromatic rings. The van der Waals surface area contributed by atoms with Gasteiger partial charge in [0.25, 0.3) is 0 Å². The number of carbonyl (C=O) groups is 2. The number of esters is 2. The van der Waals surface area contributed by atoms with Crippen molar-refractivity contribution in [2.24, 2.45) is 0 Å².